The van der Waals surface area contributed by atoms with Crippen molar-refractivity contribution in [2.24, 2.45) is 5.92 Å². The van der Waals surface area contributed by atoms with Gasteiger partial charge >= 0.3 is 0 Å². The molecule has 1 aliphatic heterocycles. The minimum absolute atomic E-state index is 0.565. The molecule has 2 unspecified atom stereocenters. The molecule has 1 aromatic carbocycles. The van der Waals surface area contributed by atoms with Crippen LogP contribution in [0.5, 0.6) is 0 Å². The average molecular weight is 274 g/mol. The van der Waals surface area contributed by atoms with E-state index in [0.29, 0.717) is 12.1 Å². The van der Waals surface area contributed by atoms with Crippen LogP contribution in [0.4, 0.5) is 0 Å². The van der Waals surface area contributed by atoms with Crippen molar-refractivity contribution in [3.63, 3.8) is 0 Å². The van der Waals surface area contributed by atoms with E-state index in [1.54, 1.807) is 0 Å². The van der Waals surface area contributed by atoms with Crippen molar-refractivity contribution in [1.82, 2.24) is 10.2 Å². The van der Waals surface area contributed by atoms with Gasteiger partial charge in [-0.2, -0.15) is 0 Å². The summed E-state index contributed by atoms with van der Waals surface area (Å²) in [7, 11) is 2.08. The Morgan fingerprint density at radius 3 is 2.40 bits per heavy atom. The first-order chi connectivity index (χ1) is 9.52. The average Bonchev–Trinajstić information content (AvgIpc) is 2.37. The fourth-order valence-electron chi connectivity index (χ4n) is 3.80. The molecule has 2 rings (SSSR count). The van der Waals surface area contributed by atoms with Gasteiger partial charge in [-0.15, -0.1) is 0 Å². The zero-order valence-corrected chi connectivity index (χ0v) is 13.7. The molecule has 20 heavy (non-hydrogen) atoms. The summed E-state index contributed by atoms with van der Waals surface area (Å²) in [5.74, 6) is 0.720. The smallest absolute Gasteiger partial charge is 0.0391 e. The van der Waals surface area contributed by atoms with E-state index in [-0.39, 0.29) is 0 Å². The lowest BCUT2D eigenvalue weighted by molar-refractivity contribution is 0.0635. The van der Waals surface area contributed by atoms with E-state index < -0.39 is 0 Å². The highest BCUT2D eigenvalue weighted by Gasteiger charge is 2.33. The number of benzene rings is 1. The second-order valence-electron chi connectivity index (χ2n) is 6.66. The van der Waals surface area contributed by atoms with E-state index in [0.717, 1.165) is 12.5 Å². The third kappa shape index (κ3) is 3.42. The van der Waals surface area contributed by atoms with Crippen LogP contribution in [0.15, 0.2) is 18.2 Å². The van der Waals surface area contributed by atoms with Gasteiger partial charge in [0.25, 0.3) is 0 Å². The maximum atomic E-state index is 3.40. The Labute approximate surface area is 124 Å². The van der Waals surface area contributed by atoms with Gasteiger partial charge in [0.2, 0.25) is 0 Å². The molecule has 0 aliphatic carbocycles. The van der Waals surface area contributed by atoms with Crippen LogP contribution in [0.25, 0.3) is 0 Å². The van der Waals surface area contributed by atoms with Crippen molar-refractivity contribution < 1.29 is 0 Å². The molecule has 0 spiro atoms. The van der Waals surface area contributed by atoms with Crippen LogP contribution in [-0.4, -0.2) is 31.1 Å². The van der Waals surface area contributed by atoms with Crippen LogP contribution in [-0.2, 0) is 0 Å². The predicted molar refractivity (Wildman–Crippen MR) is 87.1 cm³/mol. The van der Waals surface area contributed by atoms with Crippen molar-refractivity contribution in [2.75, 3.05) is 20.1 Å². The van der Waals surface area contributed by atoms with Gasteiger partial charge in [-0.25, -0.2) is 0 Å². The highest BCUT2D eigenvalue weighted by atomic mass is 15.2. The molecule has 1 saturated heterocycles. The molecule has 2 atom stereocenters. The Balaban J connectivity index is 2.37. The van der Waals surface area contributed by atoms with Gasteiger partial charge in [0, 0.05) is 12.1 Å². The van der Waals surface area contributed by atoms with Gasteiger partial charge in [-0.05, 0) is 72.2 Å². The molecular formula is C18H30N2. The summed E-state index contributed by atoms with van der Waals surface area (Å²) in [4.78, 5) is 2.69. The molecule has 1 fully saturated rings. The molecule has 2 nitrogen and oxygen atoms in total. The van der Waals surface area contributed by atoms with Crippen molar-refractivity contribution >= 4 is 0 Å². The number of nitrogens with zero attached hydrogens (tertiary/aromatic N) is 1. The maximum Gasteiger partial charge on any atom is 0.0391 e. The van der Waals surface area contributed by atoms with Gasteiger partial charge < -0.3 is 5.32 Å². The summed E-state index contributed by atoms with van der Waals surface area (Å²) >= 11 is 0. The van der Waals surface area contributed by atoms with Crippen LogP contribution < -0.4 is 5.32 Å². The number of rotatable bonds is 4. The minimum atomic E-state index is 0.565. The van der Waals surface area contributed by atoms with Crippen molar-refractivity contribution in [3.05, 3.63) is 34.9 Å². The third-order valence-electron chi connectivity index (χ3n) is 4.51. The first-order valence-electron chi connectivity index (χ1n) is 8.01. The number of likely N-dealkylation sites (tertiary alicyclic amines) is 1. The second-order valence-corrected chi connectivity index (χ2v) is 6.66. The number of piperidine rings is 1. The van der Waals surface area contributed by atoms with Gasteiger partial charge in [-0.3, -0.25) is 4.90 Å². The standard InChI is InChI=1S/C18H30N2/c1-13(2)20-8-6-7-16(12-19-5)18(20)17-10-14(3)9-15(4)11-17/h9-11,13,16,18-19H,6-8,12H2,1-5H3. The van der Waals surface area contributed by atoms with Crippen LogP contribution in [0.1, 0.15) is 49.4 Å². The molecule has 1 heterocycles. The number of hydrogen-bond donors (Lipinski definition) is 1. The summed E-state index contributed by atoms with van der Waals surface area (Å²) in [5, 5.41) is 3.40. The van der Waals surface area contributed by atoms with Crippen molar-refractivity contribution in [3.8, 4) is 0 Å². The molecule has 1 aliphatic rings. The van der Waals surface area contributed by atoms with Gasteiger partial charge in [0.15, 0.2) is 0 Å². The molecule has 0 amide bonds. The molecule has 0 radical (unpaired) electrons. The number of aryl methyl sites for hydroxylation is 2. The van der Waals surface area contributed by atoms with Crippen LogP contribution in [0.2, 0.25) is 0 Å². The highest BCUT2D eigenvalue weighted by molar-refractivity contribution is 5.31. The summed E-state index contributed by atoms with van der Waals surface area (Å²) in [6.07, 6.45) is 2.66. The van der Waals surface area contributed by atoms with E-state index in [2.05, 4.69) is 63.2 Å². The first kappa shape index (κ1) is 15.5. The lowest BCUT2D eigenvalue weighted by Gasteiger charge is -2.44. The second kappa shape index (κ2) is 6.73. The van der Waals surface area contributed by atoms with Crippen LogP contribution in [0, 0.1) is 19.8 Å². The van der Waals surface area contributed by atoms with Crippen LogP contribution >= 0.6 is 0 Å². The molecule has 0 aromatic heterocycles. The fourth-order valence-corrected chi connectivity index (χ4v) is 3.80. The Hall–Kier alpha value is -0.860. The normalized spacial score (nSPS) is 24.3. The number of nitrogens with one attached hydrogen (secondary N) is 1. The monoisotopic (exact) mass is 274 g/mol. The molecule has 2 heteroatoms. The molecule has 112 valence electrons. The van der Waals surface area contributed by atoms with Crippen molar-refractivity contribution in [1.29, 1.82) is 0 Å². The minimum Gasteiger partial charge on any atom is -0.319 e. The molecular weight excluding hydrogens is 244 g/mol. The third-order valence-corrected chi connectivity index (χ3v) is 4.51. The molecule has 1 N–H and O–H groups in total. The fraction of sp³-hybridized carbons (Fsp3) is 0.667. The zero-order chi connectivity index (χ0) is 14.7. The van der Waals surface area contributed by atoms with Gasteiger partial charge in [0.1, 0.15) is 0 Å². The highest BCUT2D eigenvalue weighted by Crippen LogP contribution is 2.37. The predicted octanol–water partition coefficient (Wildman–Crippen LogP) is 3.68. The van der Waals surface area contributed by atoms with E-state index in [1.807, 2.05) is 0 Å². The Kier molecular flexibility index (Phi) is 5.22. The number of hydrogen-bond acceptors (Lipinski definition) is 2. The summed E-state index contributed by atoms with van der Waals surface area (Å²) in [6, 6.07) is 8.23. The lowest BCUT2D eigenvalue weighted by atomic mass is 9.83. The van der Waals surface area contributed by atoms with Gasteiger partial charge in [0.05, 0.1) is 0 Å². The van der Waals surface area contributed by atoms with Crippen LogP contribution in [0.3, 0.4) is 0 Å². The van der Waals surface area contributed by atoms with E-state index >= 15 is 0 Å². The van der Waals surface area contributed by atoms with E-state index in [9.17, 15) is 0 Å². The van der Waals surface area contributed by atoms with Gasteiger partial charge in [-0.1, -0.05) is 29.3 Å². The molecule has 0 bridgehead atoms. The van der Waals surface area contributed by atoms with E-state index in [4.69, 9.17) is 0 Å². The Morgan fingerprint density at radius 1 is 1.20 bits per heavy atom. The Bertz CT molecular complexity index is 417. The quantitative estimate of drug-likeness (QED) is 0.901. The maximum absolute atomic E-state index is 3.40. The molecule has 0 saturated carbocycles. The molecule has 1 aromatic rings. The van der Waals surface area contributed by atoms with Crippen molar-refractivity contribution in [2.45, 2.75) is 52.6 Å². The lowest BCUT2D eigenvalue weighted by Crippen LogP contribution is -2.45. The largest absolute Gasteiger partial charge is 0.319 e. The summed E-state index contributed by atoms with van der Waals surface area (Å²) < 4.78 is 0. The summed E-state index contributed by atoms with van der Waals surface area (Å²) in [5.41, 5.74) is 4.28. The first-order valence-corrected chi connectivity index (χ1v) is 8.01. The summed E-state index contributed by atoms with van der Waals surface area (Å²) in [6.45, 7) is 11.4. The van der Waals surface area contributed by atoms with E-state index in [1.165, 1.54) is 36.1 Å². The zero-order valence-electron chi connectivity index (χ0n) is 13.7. The Morgan fingerprint density at radius 2 is 1.85 bits per heavy atom. The SMILES string of the molecule is CNCC1CCCN(C(C)C)C1c1cc(C)cc(C)c1. The topological polar surface area (TPSA) is 15.3 Å².